The summed E-state index contributed by atoms with van der Waals surface area (Å²) in [6.45, 7) is 2.08. The van der Waals surface area contributed by atoms with E-state index in [-0.39, 0.29) is 10.6 Å². The van der Waals surface area contributed by atoms with Gasteiger partial charge in [0.2, 0.25) is 10.0 Å². The fourth-order valence-corrected chi connectivity index (χ4v) is 3.12. The highest BCUT2D eigenvalue weighted by molar-refractivity contribution is 7.89. The molecule has 18 heavy (non-hydrogen) atoms. The normalized spacial score (nSPS) is 16.2. The summed E-state index contributed by atoms with van der Waals surface area (Å²) in [6.07, 6.45) is 2.08. The molecule has 1 aromatic carbocycles. The topological polar surface area (TPSA) is 63.4 Å². The van der Waals surface area contributed by atoms with Gasteiger partial charge in [0.25, 0.3) is 0 Å². The van der Waals surface area contributed by atoms with Crippen LogP contribution < -0.4 is 5.73 Å². The number of nitrogen functional groups attached to an aromatic ring is 1. The standard InChI is InChI=1S/C12H17FN2O2S/c1-8-5-10(13)12(6-11(8)14)18(16,17)15(2)7-9-3-4-9/h5-6,9H,3-4,7,14H2,1-2H3. The highest BCUT2D eigenvalue weighted by atomic mass is 32.2. The second-order valence-corrected chi connectivity index (χ2v) is 6.88. The summed E-state index contributed by atoms with van der Waals surface area (Å²) in [6, 6.07) is 2.36. The van der Waals surface area contributed by atoms with Crippen LogP contribution in [0, 0.1) is 18.7 Å². The Bertz CT molecular complexity index is 568. The summed E-state index contributed by atoms with van der Waals surface area (Å²) < 4.78 is 39.4. The average Bonchev–Trinajstić information content (AvgIpc) is 3.07. The molecule has 2 rings (SSSR count). The van der Waals surface area contributed by atoms with Crippen LogP contribution in [0.25, 0.3) is 0 Å². The minimum absolute atomic E-state index is 0.287. The minimum atomic E-state index is -3.79. The Morgan fingerprint density at radius 2 is 2.06 bits per heavy atom. The van der Waals surface area contributed by atoms with Gasteiger partial charge in [-0.25, -0.2) is 17.1 Å². The van der Waals surface area contributed by atoms with E-state index in [1.54, 1.807) is 6.92 Å². The quantitative estimate of drug-likeness (QED) is 0.849. The van der Waals surface area contributed by atoms with Gasteiger partial charge in [0.1, 0.15) is 10.7 Å². The number of benzene rings is 1. The van der Waals surface area contributed by atoms with Crippen molar-refractivity contribution in [3.05, 3.63) is 23.5 Å². The molecule has 0 amide bonds. The van der Waals surface area contributed by atoms with Gasteiger partial charge in [0.15, 0.2) is 0 Å². The maximum absolute atomic E-state index is 13.8. The van der Waals surface area contributed by atoms with Crippen LogP contribution >= 0.6 is 0 Å². The summed E-state index contributed by atoms with van der Waals surface area (Å²) in [7, 11) is -2.31. The third-order valence-electron chi connectivity index (χ3n) is 3.22. The first-order valence-corrected chi connectivity index (χ1v) is 7.28. The molecule has 6 heteroatoms. The third-order valence-corrected chi connectivity index (χ3v) is 5.06. The van der Waals surface area contributed by atoms with Crippen LogP contribution in [0.2, 0.25) is 0 Å². The number of hydrogen-bond donors (Lipinski definition) is 1. The van der Waals surface area contributed by atoms with Crippen molar-refractivity contribution in [1.29, 1.82) is 0 Å². The molecule has 0 atom stereocenters. The zero-order chi connectivity index (χ0) is 13.5. The molecular formula is C12H17FN2O2S. The fraction of sp³-hybridized carbons (Fsp3) is 0.500. The lowest BCUT2D eigenvalue weighted by molar-refractivity contribution is 0.447. The molecule has 0 aromatic heterocycles. The largest absolute Gasteiger partial charge is 0.398 e. The van der Waals surface area contributed by atoms with E-state index in [2.05, 4.69) is 0 Å². The number of rotatable bonds is 4. The van der Waals surface area contributed by atoms with E-state index in [9.17, 15) is 12.8 Å². The van der Waals surface area contributed by atoms with Crippen LogP contribution in [0.15, 0.2) is 17.0 Å². The van der Waals surface area contributed by atoms with E-state index in [1.165, 1.54) is 17.4 Å². The number of hydrogen-bond acceptors (Lipinski definition) is 3. The predicted octanol–water partition coefficient (Wildman–Crippen LogP) is 1.75. The van der Waals surface area contributed by atoms with Crippen molar-refractivity contribution in [3.63, 3.8) is 0 Å². The Morgan fingerprint density at radius 3 is 2.61 bits per heavy atom. The molecule has 0 heterocycles. The van der Waals surface area contributed by atoms with Gasteiger partial charge in [-0.2, -0.15) is 0 Å². The molecule has 0 radical (unpaired) electrons. The molecule has 0 aliphatic heterocycles. The summed E-state index contributed by atoms with van der Waals surface area (Å²) in [5.74, 6) is -0.333. The number of halogens is 1. The van der Waals surface area contributed by atoms with E-state index in [1.807, 2.05) is 0 Å². The Hall–Kier alpha value is -1.14. The zero-order valence-corrected chi connectivity index (χ0v) is 11.3. The SMILES string of the molecule is Cc1cc(F)c(S(=O)(=O)N(C)CC2CC2)cc1N. The third kappa shape index (κ3) is 2.49. The van der Waals surface area contributed by atoms with Crippen molar-refractivity contribution in [2.75, 3.05) is 19.3 Å². The summed E-state index contributed by atoms with van der Waals surface area (Å²) in [5, 5.41) is 0. The molecule has 0 bridgehead atoms. The predicted molar refractivity (Wildman–Crippen MR) is 68.1 cm³/mol. The van der Waals surface area contributed by atoms with Gasteiger partial charge < -0.3 is 5.73 Å². The van der Waals surface area contributed by atoms with Gasteiger partial charge >= 0.3 is 0 Å². The van der Waals surface area contributed by atoms with Gasteiger partial charge in [0.05, 0.1) is 0 Å². The molecule has 1 aromatic rings. The minimum Gasteiger partial charge on any atom is -0.398 e. The van der Waals surface area contributed by atoms with Crippen molar-refractivity contribution in [1.82, 2.24) is 4.31 Å². The number of aryl methyl sites for hydroxylation is 1. The van der Waals surface area contributed by atoms with Gasteiger partial charge in [0, 0.05) is 19.3 Å². The Kier molecular flexibility index (Phi) is 3.33. The van der Waals surface area contributed by atoms with Crippen molar-refractivity contribution in [2.45, 2.75) is 24.7 Å². The lowest BCUT2D eigenvalue weighted by atomic mass is 10.2. The van der Waals surface area contributed by atoms with E-state index in [4.69, 9.17) is 5.73 Å². The van der Waals surface area contributed by atoms with Crippen LogP contribution in [-0.2, 0) is 10.0 Å². The van der Waals surface area contributed by atoms with E-state index >= 15 is 0 Å². The summed E-state index contributed by atoms with van der Waals surface area (Å²) in [4.78, 5) is -0.339. The van der Waals surface area contributed by atoms with Crippen molar-refractivity contribution in [2.24, 2.45) is 5.92 Å². The van der Waals surface area contributed by atoms with Crippen molar-refractivity contribution in [3.8, 4) is 0 Å². The summed E-state index contributed by atoms with van der Waals surface area (Å²) in [5.41, 5.74) is 6.48. The second kappa shape index (κ2) is 4.51. The molecule has 1 aliphatic rings. The molecule has 2 N–H and O–H groups in total. The molecule has 1 fully saturated rings. The van der Waals surface area contributed by atoms with Crippen LogP contribution in [0.5, 0.6) is 0 Å². The van der Waals surface area contributed by atoms with Crippen LogP contribution in [0.3, 0.4) is 0 Å². The van der Waals surface area contributed by atoms with Gasteiger partial charge in [-0.15, -0.1) is 0 Å². The van der Waals surface area contributed by atoms with E-state index in [0.29, 0.717) is 18.0 Å². The molecule has 0 spiro atoms. The fourth-order valence-electron chi connectivity index (χ4n) is 1.80. The Labute approximate surface area is 107 Å². The first-order valence-electron chi connectivity index (χ1n) is 5.84. The Balaban J connectivity index is 2.36. The zero-order valence-electron chi connectivity index (χ0n) is 10.5. The second-order valence-electron chi connectivity index (χ2n) is 4.87. The average molecular weight is 272 g/mol. The molecule has 4 nitrogen and oxygen atoms in total. The highest BCUT2D eigenvalue weighted by Gasteiger charge is 2.31. The first-order chi connectivity index (χ1) is 8.32. The molecule has 1 aliphatic carbocycles. The van der Waals surface area contributed by atoms with Gasteiger partial charge in [-0.3, -0.25) is 0 Å². The maximum atomic E-state index is 13.8. The number of sulfonamides is 1. The van der Waals surface area contributed by atoms with E-state index in [0.717, 1.165) is 18.9 Å². The van der Waals surface area contributed by atoms with Crippen molar-refractivity contribution < 1.29 is 12.8 Å². The number of nitrogens with zero attached hydrogens (tertiary/aromatic N) is 1. The maximum Gasteiger partial charge on any atom is 0.245 e. The molecule has 100 valence electrons. The lowest BCUT2D eigenvalue weighted by Gasteiger charge is -2.18. The molecule has 1 saturated carbocycles. The summed E-state index contributed by atoms with van der Waals surface area (Å²) >= 11 is 0. The molecular weight excluding hydrogens is 255 g/mol. The van der Waals surface area contributed by atoms with Crippen LogP contribution in [-0.4, -0.2) is 26.3 Å². The van der Waals surface area contributed by atoms with Crippen molar-refractivity contribution >= 4 is 15.7 Å². The number of nitrogens with two attached hydrogens (primary N) is 1. The van der Waals surface area contributed by atoms with Gasteiger partial charge in [-0.1, -0.05) is 0 Å². The molecule has 0 unspecified atom stereocenters. The Morgan fingerprint density at radius 1 is 1.44 bits per heavy atom. The highest BCUT2D eigenvalue weighted by Crippen LogP contribution is 2.31. The number of anilines is 1. The van der Waals surface area contributed by atoms with Crippen LogP contribution in [0.4, 0.5) is 10.1 Å². The van der Waals surface area contributed by atoms with E-state index < -0.39 is 15.8 Å². The first kappa shape index (κ1) is 13.3. The monoisotopic (exact) mass is 272 g/mol. The smallest absolute Gasteiger partial charge is 0.245 e. The van der Waals surface area contributed by atoms with Gasteiger partial charge in [-0.05, 0) is 43.4 Å². The lowest BCUT2D eigenvalue weighted by Crippen LogP contribution is -2.29. The molecule has 0 saturated heterocycles. The van der Waals surface area contributed by atoms with Crippen LogP contribution in [0.1, 0.15) is 18.4 Å².